The second kappa shape index (κ2) is 10.9. The van der Waals surface area contributed by atoms with E-state index >= 15 is 0 Å². The summed E-state index contributed by atoms with van der Waals surface area (Å²) in [5.41, 5.74) is 0.954. The van der Waals surface area contributed by atoms with E-state index in [4.69, 9.17) is 0 Å². The second-order valence-electron chi connectivity index (χ2n) is 5.90. The molecular weight excluding hydrogens is 443 g/mol. The van der Waals surface area contributed by atoms with Crippen molar-refractivity contribution in [1.29, 1.82) is 0 Å². The van der Waals surface area contributed by atoms with Gasteiger partial charge in [0.25, 0.3) is 11.8 Å². The summed E-state index contributed by atoms with van der Waals surface area (Å²) in [7, 11) is 1.98. The Balaban J connectivity index is 0.00000338. The smallest absolute Gasteiger partial charge is 0.261 e. The van der Waals surface area contributed by atoms with Crippen molar-refractivity contribution in [2.45, 2.75) is 19.8 Å². The lowest BCUT2D eigenvalue weighted by Gasteiger charge is -2.22. The summed E-state index contributed by atoms with van der Waals surface area (Å²) in [5, 5.41) is 3.24. The first kappa shape index (κ1) is 22.1. The molecule has 0 aromatic heterocycles. The molecule has 1 aromatic rings. The number of halogens is 1. The van der Waals surface area contributed by atoms with Gasteiger partial charge in [-0.2, -0.15) is 0 Å². The number of hydrogen-bond donors (Lipinski definition) is 1. The number of carbonyl (C=O) groups excluding carboxylic acids is 2. The molecule has 2 rings (SSSR count). The third-order valence-electron chi connectivity index (χ3n) is 4.06. The van der Waals surface area contributed by atoms with Crippen LogP contribution in [0.5, 0.6) is 0 Å². The summed E-state index contributed by atoms with van der Waals surface area (Å²) in [6.45, 7) is 8.02. The molecule has 0 atom stereocenters. The Bertz CT molecular complexity index is 640. The van der Waals surface area contributed by atoms with Crippen molar-refractivity contribution in [3.8, 4) is 0 Å². The molecule has 0 saturated carbocycles. The number of amides is 2. The molecule has 0 fully saturated rings. The molecule has 0 radical (unpaired) electrons. The average Bonchev–Trinajstić information content (AvgIpc) is 2.86. The van der Waals surface area contributed by atoms with Gasteiger partial charge >= 0.3 is 0 Å². The number of guanidine groups is 1. The van der Waals surface area contributed by atoms with Gasteiger partial charge in [0.15, 0.2) is 5.96 Å². The third-order valence-corrected chi connectivity index (χ3v) is 4.06. The van der Waals surface area contributed by atoms with Crippen LogP contribution in [0.2, 0.25) is 0 Å². The minimum Gasteiger partial charge on any atom is -0.357 e. The van der Waals surface area contributed by atoms with E-state index in [1.54, 1.807) is 24.3 Å². The summed E-state index contributed by atoms with van der Waals surface area (Å²) in [6.07, 6.45) is 3.86. The van der Waals surface area contributed by atoms with Crippen LogP contribution in [-0.2, 0) is 0 Å². The van der Waals surface area contributed by atoms with Crippen molar-refractivity contribution in [3.05, 3.63) is 48.0 Å². The van der Waals surface area contributed by atoms with Crippen molar-refractivity contribution in [2.75, 3.05) is 33.2 Å². The maximum atomic E-state index is 12.3. The number of nitrogens with one attached hydrogen (secondary N) is 1. The van der Waals surface area contributed by atoms with Gasteiger partial charge in [-0.1, -0.05) is 18.2 Å². The van der Waals surface area contributed by atoms with Crippen molar-refractivity contribution in [2.24, 2.45) is 4.99 Å². The van der Waals surface area contributed by atoms with E-state index in [9.17, 15) is 9.59 Å². The molecule has 0 aliphatic carbocycles. The number of carbonyl (C=O) groups is 2. The van der Waals surface area contributed by atoms with Crippen LogP contribution in [0.15, 0.2) is 41.9 Å². The van der Waals surface area contributed by atoms with Gasteiger partial charge in [0.1, 0.15) is 0 Å². The highest BCUT2D eigenvalue weighted by Crippen LogP contribution is 2.21. The van der Waals surface area contributed by atoms with Crippen molar-refractivity contribution in [3.63, 3.8) is 0 Å². The van der Waals surface area contributed by atoms with E-state index < -0.39 is 0 Å². The third kappa shape index (κ3) is 5.30. The number of fused-ring (bicyclic) bond motifs is 1. The zero-order chi connectivity index (χ0) is 18.2. The van der Waals surface area contributed by atoms with Crippen LogP contribution < -0.4 is 5.32 Å². The Morgan fingerprint density at radius 2 is 1.88 bits per heavy atom. The Hall–Kier alpha value is -1.90. The lowest BCUT2D eigenvalue weighted by molar-refractivity contribution is 0.0659. The molecule has 0 unspecified atom stereocenters. The normalized spacial score (nSPS) is 13.3. The molecule has 1 aromatic carbocycles. The number of unbranched alkanes of at least 4 members (excludes halogenated alkanes) is 1. The zero-order valence-corrected chi connectivity index (χ0v) is 17.7. The largest absolute Gasteiger partial charge is 0.357 e. The fourth-order valence-electron chi connectivity index (χ4n) is 2.75. The van der Waals surface area contributed by atoms with Gasteiger partial charge in [0.2, 0.25) is 0 Å². The van der Waals surface area contributed by atoms with Gasteiger partial charge in [0.05, 0.1) is 17.7 Å². The number of allylic oxidation sites excluding steroid dienone is 1. The van der Waals surface area contributed by atoms with Crippen molar-refractivity contribution >= 4 is 41.8 Å². The Morgan fingerprint density at radius 1 is 1.27 bits per heavy atom. The molecule has 1 aliphatic heterocycles. The SMILES string of the molecule is C=CCCCN(C)C(=NCCN1C(=O)c2ccccc2C1=O)NCC.I. The van der Waals surface area contributed by atoms with Crippen LogP contribution in [0.3, 0.4) is 0 Å². The molecule has 26 heavy (non-hydrogen) atoms. The molecule has 1 heterocycles. The minimum atomic E-state index is -0.236. The molecule has 0 spiro atoms. The fraction of sp³-hybridized carbons (Fsp3) is 0.421. The van der Waals surface area contributed by atoms with E-state index in [0.29, 0.717) is 17.7 Å². The van der Waals surface area contributed by atoms with E-state index in [0.717, 1.165) is 31.9 Å². The monoisotopic (exact) mass is 470 g/mol. The molecule has 0 bridgehead atoms. The Kier molecular flexibility index (Phi) is 9.32. The van der Waals surface area contributed by atoms with E-state index in [1.807, 2.05) is 20.0 Å². The predicted molar refractivity (Wildman–Crippen MR) is 115 cm³/mol. The van der Waals surface area contributed by atoms with Crippen molar-refractivity contribution in [1.82, 2.24) is 15.1 Å². The summed E-state index contributed by atoms with van der Waals surface area (Å²) in [5.74, 6) is 0.309. The highest BCUT2D eigenvalue weighted by molar-refractivity contribution is 14.0. The van der Waals surface area contributed by atoms with Crippen molar-refractivity contribution < 1.29 is 9.59 Å². The average molecular weight is 470 g/mol. The van der Waals surface area contributed by atoms with Gasteiger partial charge < -0.3 is 10.2 Å². The fourth-order valence-corrected chi connectivity index (χ4v) is 2.75. The van der Waals surface area contributed by atoms with E-state index in [2.05, 4.69) is 21.8 Å². The van der Waals surface area contributed by atoms with Gasteiger partial charge in [-0.15, -0.1) is 30.6 Å². The summed E-state index contributed by atoms with van der Waals surface area (Å²) >= 11 is 0. The Morgan fingerprint density at radius 3 is 2.42 bits per heavy atom. The number of nitrogens with zero attached hydrogens (tertiary/aromatic N) is 3. The topological polar surface area (TPSA) is 65.0 Å². The lowest BCUT2D eigenvalue weighted by Crippen LogP contribution is -2.40. The molecule has 7 heteroatoms. The number of benzene rings is 1. The highest BCUT2D eigenvalue weighted by Gasteiger charge is 2.34. The first-order valence-electron chi connectivity index (χ1n) is 8.65. The molecule has 2 amide bonds. The van der Waals surface area contributed by atoms with Crippen LogP contribution >= 0.6 is 24.0 Å². The summed E-state index contributed by atoms with van der Waals surface area (Å²) < 4.78 is 0. The first-order chi connectivity index (χ1) is 12.1. The van der Waals surface area contributed by atoms with Gasteiger partial charge in [-0.3, -0.25) is 19.5 Å². The number of rotatable bonds is 8. The summed E-state index contributed by atoms with van der Waals surface area (Å²) in [6, 6.07) is 6.92. The van der Waals surface area contributed by atoms with E-state index in [-0.39, 0.29) is 42.3 Å². The van der Waals surface area contributed by atoms with Crippen LogP contribution in [0.4, 0.5) is 0 Å². The number of imide groups is 1. The van der Waals surface area contributed by atoms with Gasteiger partial charge in [-0.25, -0.2) is 0 Å². The molecule has 0 saturated heterocycles. The van der Waals surface area contributed by atoms with Crippen LogP contribution in [0, 0.1) is 0 Å². The van der Waals surface area contributed by atoms with Gasteiger partial charge in [-0.05, 0) is 31.9 Å². The quantitative estimate of drug-likeness (QED) is 0.159. The summed E-state index contributed by atoms with van der Waals surface area (Å²) in [4.78, 5) is 32.5. The zero-order valence-electron chi connectivity index (χ0n) is 15.4. The maximum Gasteiger partial charge on any atom is 0.261 e. The number of aliphatic imine (C=N–C) groups is 1. The number of hydrogen-bond acceptors (Lipinski definition) is 3. The van der Waals surface area contributed by atoms with E-state index in [1.165, 1.54) is 4.90 Å². The predicted octanol–water partition coefficient (Wildman–Crippen LogP) is 2.76. The molecule has 6 nitrogen and oxygen atoms in total. The van der Waals surface area contributed by atoms with Gasteiger partial charge in [0, 0.05) is 26.7 Å². The lowest BCUT2D eigenvalue weighted by atomic mass is 10.1. The minimum absolute atomic E-state index is 0. The van der Waals surface area contributed by atoms with Crippen LogP contribution in [0.25, 0.3) is 0 Å². The van der Waals surface area contributed by atoms with Crippen LogP contribution in [-0.4, -0.2) is 60.8 Å². The first-order valence-corrected chi connectivity index (χ1v) is 8.65. The molecule has 1 N–H and O–H groups in total. The van der Waals surface area contributed by atoms with Crippen LogP contribution in [0.1, 0.15) is 40.5 Å². The molecule has 142 valence electrons. The molecular formula is C19H27IN4O2. The highest BCUT2D eigenvalue weighted by atomic mass is 127. The standard InChI is InChI=1S/C19H26N4O2.HI/c1-4-6-9-13-22(3)19(20-5-2)21-12-14-23-17(24)15-10-7-8-11-16(15)18(23)25;/h4,7-8,10-11H,1,5-6,9,12-14H2,2-3H3,(H,20,21);1H. The molecule has 1 aliphatic rings. The second-order valence-corrected chi connectivity index (χ2v) is 5.90. The maximum absolute atomic E-state index is 12.3. The Labute approximate surface area is 172 Å².